The second-order valence-corrected chi connectivity index (χ2v) is 16.6. The first-order chi connectivity index (χ1) is 27.1. The van der Waals surface area contributed by atoms with Crippen molar-refractivity contribution in [3.8, 4) is 16.8 Å². The average Bonchev–Trinajstić information content (AvgIpc) is 3.94. The van der Waals surface area contributed by atoms with Crippen LogP contribution in [0.4, 0.5) is 5.69 Å². The standard InChI is InChI=1S/C42H40ClN9O3S/c1-23-35(56-42-37(23)38(28-10-12-29(43)13-11-28)45-24(2)39-49-48-25(3)52(39)42)17-9-27-19-44-50(21-27)20-26-7-14-30(15-8-26)46-33-6-4-5-31-32(33)22-51(41(31)55)34-16-18-36(53)47-40(34)54/h4-6,10-13,19,21,24,26,30,34,46H,7-8,14-16,18,20,22H2,1-3H3,(H,47,53,54)/t24-,26?,30?,34?/m0/s1. The molecule has 5 aromatic rings. The Morgan fingerprint density at radius 1 is 1.00 bits per heavy atom. The van der Waals surface area contributed by atoms with Crippen LogP contribution in [0.5, 0.6) is 0 Å². The molecule has 1 saturated carbocycles. The summed E-state index contributed by atoms with van der Waals surface area (Å²) >= 11 is 7.88. The molecule has 9 rings (SSSR count). The SMILES string of the molecule is Cc1c(C#Cc2cnn(CC3CCC(Nc4cccc5c4CN(C4CCC(=O)NC4=O)C5=O)CC3)c2)sc2c1C(c1ccc(Cl)cc1)=N[C@@H](C)c1nnc(C)n1-2. The minimum atomic E-state index is -0.624. The number of fused-ring (bicyclic) bond motifs is 4. The number of carbonyl (C=O) groups excluding carboxylic acids is 3. The van der Waals surface area contributed by atoms with E-state index >= 15 is 0 Å². The highest BCUT2D eigenvalue weighted by Gasteiger charge is 2.40. The van der Waals surface area contributed by atoms with Gasteiger partial charge in [0.1, 0.15) is 22.9 Å². The lowest BCUT2D eigenvalue weighted by molar-refractivity contribution is -0.136. The number of rotatable bonds is 6. The van der Waals surface area contributed by atoms with E-state index in [9.17, 15) is 14.4 Å². The van der Waals surface area contributed by atoms with Gasteiger partial charge >= 0.3 is 0 Å². The molecular weight excluding hydrogens is 746 g/mol. The van der Waals surface area contributed by atoms with Crippen molar-refractivity contribution in [2.24, 2.45) is 10.9 Å². The van der Waals surface area contributed by atoms with E-state index < -0.39 is 11.9 Å². The minimum absolute atomic E-state index is 0.154. The summed E-state index contributed by atoms with van der Waals surface area (Å²) in [4.78, 5) is 45.2. The van der Waals surface area contributed by atoms with Gasteiger partial charge in [-0.15, -0.1) is 21.5 Å². The number of hydrogen-bond donors (Lipinski definition) is 2. The molecule has 2 atom stereocenters. The van der Waals surface area contributed by atoms with Crippen LogP contribution in [0.3, 0.4) is 0 Å². The van der Waals surface area contributed by atoms with Gasteiger partial charge in [-0.05, 0) is 88.6 Å². The molecule has 1 aliphatic carbocycles. The first-order valence-electron chi connectivity index (χ1n) is 19.1. The van der Waals surface area contributed by atoms with Gasteiger partial charge in [0.25, 0.3) is 5.91 Å². The van der Waals surface area contributed by atoms with Gasteiger partial charge in [0.05, 0.1) is 22.3 Å². The molecule has 6 heterocycles. The van der Waals surface area contributed by atoms with Crippen molar-refractivity contribution in [2.45, 2.75) is 90.5 Å². The number of nitrogens with zero attached hydrogens (tertiary/aromatic N) is 7. The maximum Gasteiger partial charge on any atom is 0.255 e. The van der Waals surface area contributed by atoms with E-state index in [4.69, 9.17) is 16.6 Å². The molecule has 2 aromatic carbocycles. The van der Waals surface area contributed by atoms with Gasteiger partial charge < -0.3 is 10.2 Å². The Bertz CT molecular complexity index is 2500. The zero-order valence-electron chi connectivity index (χ0n) is 31.3. The molecule has 1 unspecified atom stereocenters. The molecule has 56 heavy (non-hydrogen) atoms. The van der Waals surface area contributed by atoms with Crippen LogP contribution in [0, 0.1) is 31.6 Å². The Labute approximate surface area is 333 Å². The molecule has 0 spiro atoms. The van der Waals surface area contributed by atoms with Gasteiger partial charge in [0, 0.05) is 64.7 Å². The van der Waals surface area contributed by atoms with Crippen LogP contribution >= 0.6 is 22.9 Å². The summed E-state index contributed by atoms with van der Waals surface area (Å²) in [6, 6.07) is 13.0. The number of anilines is 1. The summed E-state index contributed by atoms with van der Waals surface area (Å²) in [6.07, 6.45) is 8.58. The molecule has 3 aliphatic heterocycles. The Balaban J connectivity index is 0.859. The topological polar surface area (TPSA) is 139 Å². The third-order valence-corrected chi connectivity index (χ3v) is 12.9. The van der Waals surface area contributed by atoms with Crippen LogP contribution in [-0.4, -0.2) is 65.0 Å². The largest absolute Gasteiger partial charge is 0.382 e. The van der Waals surface area contributed by atoms with Crippen LogP contribution in [0.15, 0.2) is 59.9 Å². The molecular formula is C42H40ClN9O3S. The zero-order valence-corrected chi connectivity index (χ0v) is 32.9. The highest BCUT2D eigenvalue weighted by molar-refractivity contribution is 7.15. The van der Waals surface area contributed by atoms with Gasteiger partial charge in [0.15, 0.2) is 5.82 Å². The van der Waals surface area contributed by atoms with Crippen LogP contribution in [0.1, 0.15) is 106 Å². The minimum Gasteiger partial charge on any atom is -0.382 e. The molecule has 0 radical (unpaired) electrons. The number of aryl methyl sites for hydroxylation is 1. The zero-order chi connectivity index (χ0) is 38.7. The second kappa shape index (κ2) is 14.5. The molecule has 2 N–H and O–H groups in total. The molecule has 12 nitrogen and oxygen atoms in total. The smallest absolute Gasteiger partial charge is 0.255 e. The third-order valence-electron chi connectivity index (χ3n) is 11.4. The van der Waals surface area contributed by atoms with E-state index in [0.29, 0.717) is 29.5 Å². The van der Waals surface area contributed by atoms with Gasteiger partial charge in [-0.3, -0.25) is 33.9 Å². The van der Waals surface area contributed by atoms with E-state index in [1.807, 2.05) is 73.4 Å². The number of hydrogen-bond acceptors (Lipinski definition) is 9. The van der Waals surface area contributed by atoms with E-state index in [1.54, 1.807) is 16.2 Å². The Morgan fingerprint density at radius 3 is 2.59 bits per heavy atom. The fraction of sp³-hybridized carbons (Fsp3) is 0.357. The van der Waals surface area contributed by atoms with Gasteiger partial charge in [0.2, 0.25) is 11.8 Å². The predicted octanol–water partition coefficient (Wildman–Crippen LogP) is 6.54. The number of aliphatic imine (C=N–C) groups is 1. The first kappa shape index (κ1) is 36.1. The Morgan fingerprint density at radius 2 is 1.80 bits per heavy atom. The third kappa shape index (κ3) is 6.60. The molecule has 0 bridgehead atoms. The number of piperidine rings is 1. The fourth-order valence-electron chi connectivity index (χ4n) is 8.45. The number of halogens is 1. The molecule has 2 fully saturated rings. The number of benzene rings is 2. The van der Waals surface area contributed by atoms with Crippen molar-refractivity contribution in [3.63, 3.8) is 0 Å². The van der Waals surface area contributed by atoms with Crippen LogP contribution < -0.4 is 10.6 Å². The number of amides is 3. The molecule has 1 saturated heterocycles. The van der Waals surface area contributed by atoms with Gasteiger partial charge in [-0.2, -0.15) is 5.10 Å². The summed E-state index contributed by atoms with van der Waals surface area (Å²) in [7, 11) is 0. The maximum absolute atomic E-state index is 13.3. The fourth-order valence-corrected chi connectivity index (χ4v) is 9.79. The van der Waals surface area contributed by atoms with Gasteiger partial charge in [-0.1, -0.05) is 41.6 Å². The van der Waals surface area contributed by atoms with E-state index in [-0.39, 0.29) is 30.3 Å². The van der Waals surface area contributed by atoms with Crippen molar-refractivity contribution in [1.82, 2.24) is 34.8 Å². The number of imide groups is 1. The molecule has 3 aromatic heterocycles. The van der Waals surface area contributed by atoms with Crippen molar-refractivity contribution >= 4 is 52.1 Å². The average molecular weight is 786 g/mol. The van der Waals surface area contributed by atoms with Crippen LogP contribution in [0.2, 0.25) is 5.02 Å². The predicted molar refractivity (Wildman–Crippen MR) is 214 cm³/mol. The second-order valence-electron chi connectivity index (χ2n) is 15.1. The van der Waals surface area contributed by atoms with Gasteiger partial charge in [-0.25, -0.2) is 0 Å². The number of aromatic nitrogens is 5. The van der Waals surface area contributed by atoms with Crippen molar-refractivity contribution < 1.29 is 14.4 Å². The van der Waals surface area contributed by atoms with Crippen LogP contribution in [-0.2, 0) is 22.7 Å². The lowest BCUT2D eigenvalue weighted by Crippen LogP contribution is -2.52. The van der Waals surface area contributed by atoms with Crippen molar-refractivity contribution in [1.29, 1.82) is 0 Å². The molecule has 14 heteroatoms. The summed E-state index contributed by atoms with van der Waals surface area (Å²) in [5.74, 6) is 8.10. The lowest BCUT2D eigenvalue weighted by atomic mass is 9.85. The molecule has 4 aliphatic rings. The number of nitrogens with one attached hydrogen (secondary N) is 2. The highest BCUT2D eigenvalue weighted by atomic mass is 35.5. The molecule has 284 valence electrons. The van der Waals surface area contributed by atoms with E-state index in [0.717, 1.165) is 93.0 Å². The summed E-state index contributed by atoms with van der Waals surface area (Å²) < 4.78 is 4.13. The van der Waals surface area contributed by atoms with Crippen molar-refractivity contribution in [3.05, 3.63) is 110 Å². The Kier molecular flexibility index (Phi) is 9.34. The normalized spacial score (nSPS) is 21.7. The lowest BCUT2D eigenvalue weighted by Gasteiger charge is -2.31. The quantitative estimate of drug-likeness (QED) is 0.147. The monoisotopic (exact) mass is 785 g/mol. The van der Waals surface area contributed by atoms with Crippen LogP contribution in [0.25, 0.3) is 5.00 Å². The van der Waals surface area contributed by atoms with E-state index in [2.05, 4.69) is 49.3 Å². The summed E-state index contributed by atoms with van der Waals surface area (Å²) in [6.45, 7) is 7.30. The van der Waals surface area contributed by atoms with Crippen molar-refractivity contribution in [2.75, 3.05) is 5.32 Å². The maximum atomic E-state index is 13.3. The number of thiophene rings is 1. The summed E-state index contributed by atoms with van der Waals surface area (Å²) in [5.41, 5.74) is 7.35. The highest BCUT2D eigenvalue weighted by Crippen LogP contribution is 2.39. The van der Waals surface area contributed by atoms with E-state index in [1.165, 1.54) is 0 Å². The molecule has 3 amide bonds. The first-order valence-corrected chi connectivity index (χ1v) is 20.3. The Hall–Kier alpha value is -5.58. The number of carbonyl (C=O) groups is 3. The summed E-state index contributed by atoms with van der Waals surface area (Å²) in [5, 5.41) is 21.4.